The Morgan fingerprint density at radius 1 is 1.53 bits per heavy atom. The normalized spacial score (nSPS) is 11.9. The molecule has 0 aliphatic carbocycles. The fourth-order valence-electron chi connectivity index (χ4n) is 2.14. The monoisotopic (exact) mass is 284 g/mol. The maximum absolute atomic E-state index is 11.4. The highest BCUT2D eigenvalue weighted by Crippen LogP contribution is 2.25. The van der Waals surface area contributed by atoms with Crippen molar-refractivity contribution >= 4 is 16.9 Å². The largest absolute Gasteiger partial charge is 1.00 e. The number of nitrogens with zero attached hydrogens (tertiary/aromatic N) is 1. The van der Waals surface area contributed by atoms with E-state index in [0.29, 0.717) is 6.42 Å². The Kier molecular flexibility index (Phi) is 4.80. The van der Waals surface area contributed by atoms with Crippen LogP contribution < -0.4 is 18.1 Å². The summed E-state index contributed by atoms with van der Waals surface area (Å²) >= 11 is 0. The molecule has 0 saturated heterocycles. The lowest BCUT2D eigenvalue weighted by molar-refractivity contribution is -0.407. The molecule has 0 saturated carbocycles. The summed E-state index contributed by atoms with van der Waals surface area (Å²) in [6, 6.07) is 4.76. The number of benzene rings is 1. The van der Waals surface area contributed by atoms with E-state index in [0.717, 1.165) is 16.5 Å². The molecule has 5 nitrogen and oxygen atoms in total. The van der Waals surface area contributed by atoms with Gasteiger partial charge in [-0.15, -0.1) is 0 Å². The minimum absolute atomic E-state index is 0. The highest BCUT2D eigenvalue weighted by atomic mass is 35.5. The number of aryl methyl sites for hydroxylation is 1. The molecule has 2 aromatic rings. The molecular weight excluding hydrogens is 268 g/mol. The maximum Gasteiger partial charge on any atom is 0.364 e. The molecule has 1 aromatic carbocycles. The number of methoxy groups -OCH3 is 1. The Balaban J connectivity index is 0.00000180. The average molecular weight is 285 g/mol. The molecule has 0 fully saturated rings. The third kappa shape index (κ3) is 3.00. The molecule has 0 radical (unpaired) electrons. The van der Waals surface area contributed by atoms with Crippen LogP contribution in [0.25, 0.3) is 10.9 Å². The number of hydrogen-bond acceptors (Lipinski definition) is 3. The molecule has 1 aromatic heterocycles. The number of fused-ring (bicyclic) bond motifs is 1. The summed E-state index contributed by atoms with van der Waals surface area (Å²) in [6.45, 7) is 0. The van der Waals surface area contributed by atoms with Crippen LogP contribution in [-0.2, 0) is 23.0 Å². The number of carbonyl (C=O) groups excluding carboxylic acids is 1. The lowest BCUT2D eigenvalue weighted by atomic mass is 10.1. The van der Waals surface area contributed by atoms with Gasteiger partial charge in [-0.1, -0.05) is 0 Å². The van der Waals surface area contributed by atoms with Gasteiger partial charge in [-0.3, -0.25) is 0 Å². The van der Waals surface area contributed by atoms with E-state index >= 15 is 0 Å². The van der Waals surface area contributed by atoms with Crippen LogP contribution in [0.15, 0.2) is 24.4 Å². The van der Waals surface area contributed by atoms with E-state index in [-0.39, 0.29) is 24.1 Å². The van der Waals surface area contributed by atoms with Crippen LogP contribution >= 0.6 is 0 Å². The maximum atomic E-state index is 11.4. The van der Waals surface area contributed by atoms with E-state index < -0.39 is 6.04 Å². The van der Waals surface area contributed by atoms with Gasteiger partial charge in [-0.2, -0.15) is 0 Å². The van der Waals surface area contributed by atoms with E-state index in [4.69, 9.17) is 0 Å². The van der Waals surface area contributed by atoms with Crippen LogP contribution in [-0.4, -0.2) is 28.8 Å². The van der Waals surface area contributed by atoms with Crippen molar-refractivity contribution in [3.8, 4) is 5.75 Å². The summed E-state index contributed by atoms with van der Waals surface area (Å²) in [7, 11) is 3.29. The summed E-state index contributed by atoms with van der Waals surface area (Å²) < 4.78 is 6.64. The Labute approximate surface area is 117 Å². The quantitative estimate of drug-likeness (QED) is 0.598. The van der Waals surface area contributed by atoms with Gasteiger partial charge < -0.3 is 32.6 Å². The van der Waals surface area contributed by atoms with Gasteiger partial charge in [0, 0.05) is 30.6 Å². The number of hydrogen-bond donors (Lipinski definition) is 2. The molecule has 0 spiro atoms. The Bertz CT molecular complexity index is 595. The zero-order valence-corrected chi connectivity index (χ0v) is 11.6. The highest BCUT2D eigenvalue weighted by Gasteiger charge is 2.20. The van der Waals surface area contributed by atoms with Gasteiger partial charge >= 0.3 is 5.97 Å². The van der Waals surface area contributed by atoms with Crippen LogP contribution in [0.3, 0.4) is 0 Å². The van der Waals surface area contributed by atoms with Gasteiger partial charge in [0.1, 0.15) is 5.75 Å². The summed E-state index contributed by atoms with van der Waals surface area (Å²) in [4.78, 5) is 11.4. The lowest BCUT2D eigenvalue weighted by Gasteiger charge is -2.05. The SMILES string of the molecule is COC(=O)[C@@H]([NH3+])Cc1cn(C)c2ccc(O)cc12.[Cl-]. The van der Waals surface area contributed by atoms with E-state index in [1.807, 2.05) is 23.9 Å². The standard InChI is InChI=1S/C13H16N2O3.ClH/c1-15-7-8(5-11(14)13(17)18-2)10-6-9(16)3-4-12(10)15;/h3-4,6-7,11,16H,5,14H2,1-2H3;1H/t11-;/m0./s1. The second-order valence-electron chi connectivity index (χ2n) is 4.39. The number of esters is 1. The number of aromatic nitrogens is 1. The molecule has 1 atom stereocenters. The Hall–Kier alpha value is -1.72. The minimum atomic E-state index is -0.442. The van der Waals surface area contributed by atoms with Crippen molar-refractivity contribution in [3.05, 3.63) is 30.0 Å². The Morgan fingerprint density at radius 3 is 2.84 bits per heavy atom. The van der Waals surface area contributed by atoms with Crippen LogP contribution in [0, 0.1) is 0 Å². The zero-order valence-electron chi connectivity index (χ0n) is 10.9. The third-order valence-electron chi connectivity index (χ3n) is 3.06. The first-order valence-electron chi connectivity index (χ1n) is 5.70. The summed E-state index contributed by atoms with van der Waals surface area (Å²) in [6.07, 6.45) is 2.44. The summed E-state index contributed by atoms with van der Waals surface area (Å²) in [5.41, 5.74) is 5.79. The molecule has 0 amide bonds. The first-order valence-corrected chi connectivity index (χ1v) is 5.70. The van der Waals surface area contributed by atoms with Crippen molar-refractivity contribution in [1.29, 1.82) is 0 Å². The number of phenolic OH excluding ortho intramolecular Hbond substituents is 1. The number of rotatable bonds is 3. The van der Waals surface area contributed by atoms with Crippen LogP contribution in [0.5, 0.6) is 5.75 Å². The van der Waals surface area contributed by atoms with Crippen molar-refractivity contribution in [3.63, 3.8) is 0 Å². The molecule has 104 valence electrons. The number of halogens is 1. The molecule has 2 rings (SSSR count). The molecule has 0 unspecified atom stereocenters. The number of aromatic hydroxyl groups is 1. The minimum Gasteiger partial charge on any atom is -1.00 e. The van der Waals surface area contributed by atoms with Crippen LogP contribution in [0.1, 0.15) is 5.56 Å². The van der Waals surface area contributed by atoms with Crippen molar-refractivity contribution in [2.45, 2.75) is 12.5 Å². The molecule has 0 aliphatic rings. The van der Waals surface area contributed by atoms with Crippen molar-refractivity contribution in [2.75, 3.05) is 7.11 Å². The van der Waals surface area contributed by atoms with Gasteiger partial charge in [0.15, 0.2) is 6.04 Å². The highest BCUT2D eigenvalue weighted by molar-refractivity contribution is 5.86. The molecule has 0 bridgehead atoms. The zero-order chi connectivity index (χ0) is 13.3. The molecule has 0 aliphatic heterocycles. The third-order valence-corrected chi connectivity index (χ3v) is 3.06. The second kappa shape index (κ2) is 5.95. The topological polar surface area (TPSA) is 79.1 Å². The number of phenols is 1. The van der Waals surface area contributed by atoms with Crippen LogP contribution in [0.4, 0.5) is 0 Å². The average Bonchev–Trinajstić information content (AvgIpc) is 2.64. The van der Waals surface area contributed by atoms with Crippen molar-refractivity contribution < 1.29 is 32.8 Å². The second-order valence-corrected chi connectivity index (χ2v) is 4.39. The predicted octanol–water partition coefficient (Wildman–Crippen LogP) is -2.79. The van der Waals surface area contributed by atoms with Crippen molar-refractivity contribution in [1.82, 2.24) is 4.57 Å². The van der Waals surface area contributed by atoms with Gasteiger partial charge in [0.05, 0.1) is 7.11 Å². The first kappa shape index (κ1) is 15.3. The summed E-state index contributed by atoms with van der Waals surface area (Å²) in [5, 5.41) is 10.5. The number of ether oxygens (including phenoxy) is 1. The fourth-order valence-corrected chi connectivity index (χ4v) is 2.14. The van der Waals surface area contributed by atoms with Gasteiger partial charge in [-0.25, -0.2) is 4.79 Å². The van der Waals surface area contributed by atoms with E-state index in [9.17, 15) is 9.90 Å². The number of carbonyl (C=O) groups is 1. The summed E-state index contributed by atoms with van der Waals surface area (Å²) in [5.74, 6) is -0.110. The van der Waals surface area contributed by atoms with E-state index in [2.05, 4.69) is 10.5 Å². The van der Waals surface area contributed by atoms with E-state index in [1.165, 1.54) is 7.11 Å². The molecule has 1 heterocycles. The van der Waals surface area contributed by atoms with Crippen molar-refractivity contribution in [2.24, 2.45) is 7.05 Å². The number of quaternary nitrogens is 1. The van der Waals surface area contributed by atoms with Gasteiger partial charge in [0.25, 0.3) is 0 Å². The smallest absolute Gasteiger partial charge is 0.364 e. The molecule has 4 N–H and O–H groups in total. The lowest BCUT2D eigenvalue weighted by Crippen LogP contribution is -3.00. The predicted molar refractivity (Wildman–Crippen MR) is 67.0 cm³/mol. The first-order chi connectivity index (χ1) is 8.52. The van der Waals surface area contributed by atoms with Crippen LogP contribution in [0.2, 0.25) is 0 Å². The van der Waals surface area contributed by atoms with E-state index in [1.54, 1.807) is 12.1 Å². The molecular formula is C13H17ClN2O3. The fraction of sp³-hybridized carbons (Fsp3) is 0.308. The molecule has 19 heavy (non-hydrogen) atoms. The Morgan fingerprint density at radius 2 is 2.21 bits per heavy atom. The van der Waals surface area contributed by atoms with Gasteiger partial charge in [-0.05, 0) is 23.8 Å². The van der Waals surface area contributed by atoms with Gasteiger partial charge in [0.2, 0.25) is 0 Å². The molecule has 6 heteroatoms.